The molecule has 2 aromatic carbocycles. The fourth-order valence-corrected chi connectivity index (χ4v) is 3.66. The maximum absolute atomic E-state index is 12.9. The van der Waals surface area contributed by atoms with Crippen LogP contribution in [0.2, 0.25) is 5.02 Å². The van der Waals surface area contributed by atoms with E-state index in [2.05, 4.69) is 5.32 Å². The minimum Gasteiger partial charge on any atom is -0.454 e. The van der Waals surface area contributed by atoms with Gasteiger partial charge in [-0.2, -0.15) is 0 Å². The van der Waals surface area contributed by atoms with Gasteiger partial charge in [-0.3, -0.25) is 4.79 Å². The lowest BCUT2D eigenvalue weighted by Gasteiger charge is -2.22. The van der Waals surface area contributed by atoms with Crippen LogP contribution in [0, 0.1) is 0 Å². The molecule has 2 heterocycles. The molecule has 0 unspecified atom stereocenters. The summed E-state index contributed by atoms with van der Waals surface area (Å²) in [6.45, 7) is 2.70. The molecule has 4 rings (SSSR count). The summed E-state index contributed by atoms with van der Waals surface area (Å²) < 4.78 is 10.7. The van der Waals surface area contributed by atoms with Gasteiger partial charge >= 0.3 is 6.03 Å². The number of hydrogen-bond donors (Lipinski definition) is 1. The van der Waals surface area contributed by atoms with Crippen LogP contribution in [0.5, 0.6) is 11.5 Å². The van der Waals surface area contributed by atoms with Gasteiger partial charge in [0, 0.05) is 43.3 Å². The monoisotopic (exact) mass is 415 g/mol. The molecule has 1 saturated heterocycles. The van der Waals surface area contributed by atoms with Gasteiger partial charge in [0.25, 0.3) is 5.91 Å². The van der Waals surface area contributed by atoms with Crippen molar-refractivity contribution in [3.63, 3.8) is 0 Å². The second kappa shape index (κ2) is 8.61. The summed E-state index contributed by atoms with van der Waals surface area (Å²) in [5.41, 5.74) is 1.43. The van der Waals surface area contributed by atoms with Gasteiger partial charge in [-0.05, 0) is 36.2 Å². The SMILES string of the molecule is O=C(NCc1ccccc1Cl)N1CCCN(C(=O)c2ccc3c(c2)OCO3)CC1. The molecule has 0 aromatic heterocycles. The molecule has 1 N–H and O–H groups in total. The Balaban J connectivity index is 1.33. The first-order valence-electron chi connectivity index (χ1n) is 9.57. The summed E-state index contributed by atoms with van der Waals surface area (Å²) in [5, 5.41) is 3.54. The van der Waals surface area contributed by atoms with Crippen LogP contribution in [-0.4, -0.2) is 54.7 Å². The quantitative estimate of drug-likeness (QED) is 0.836. The Morgan fingerprint density at radius 3 is 2.59 bits per heavy atom. The number of amides is 3. The van der Waals surface area contributed by atoms with Gasteiger partial charge < -0.3 is 24.6 Å². The lowest BCUT2D eigenvalue weighted by molar-refractivity contribution is 0.0762. The molecule has 152 valence electrons. The number of nitrogens with one attached hydrogen (secondary N) is 1. The average molecular weight is 416 g/mol. The third-order valence-electron chi connectivity index (χ3n) is 5.08. The highest BCUT2D eigenvalue weighted by Crippen LogP contribution is 2.32. The molecule has 2 aromatic rings. The largest absolute Gasteiger partial charge is 0.454 e. The predicted octanol–water partition coefficient (Wildman–Crippen LogP) is 3.13. The standard InChI is InChI=1S/C21H22ClN3O4/c22-17-5-2-1-4-16(17)13-23-21(27)25-9-3-8-24(10-11-25)20(26)15-6-7-18-19(12-15)29-14-28-18/h1-2,4-7,12H,3,8-11,13-14H2,(H,23,27). The molecule has 0 aliphatic carbocycles. The Hall–Kier alpha value is -2.93. The summed E-state index contributed by atoms with van der Waals surface area (Å²) in [4.78, 5) is 28.9. The van der Waals surface area contributed by atoms with Crippen LogP contribution in [-0.2, 0) is 6.54 Å². The molecule has 0 radical (unpaired) electrons. The molecule has 1 fully saturated rings. The zero-order valence-corrected chi connectivity index (χ0v) is 16.7. The molecule has 2 aliphatic heterocycles. The number of nitrogens with zero attached hydrogens (tertiary/aromatic N) is 2. The maximum atomic E-state index is 12.9. The molecule has 29 heavy (non-hydrogen) atoms. The molecule has 3 amide bonds. The zero-order chi connectivity index (χ0) is 20.2. The van der Waals surface area contributed by atoms with E-state index < -0.39 is 0 Å². The fraction of sp³-hybridized carbons (Fsp3) is 0.333. The first-order valence-corrected chi connectivity index (χ1v) is 9.95. The highest BCUT2D eigenvalue weighted by Gasteiger charge is 2.24. The molecule has 0 spiro atoms. The van der Waals surface area contributed by atoms with Crippen molar-refractivity contribution in [2.24, 2.45) is 0 Å². The molecule has 8 heteroatoms. The highest BCUT2D eigenvalue weighted by molar-refractivity contribution is 6.31. The van der Waals surface area contributed by atoms with E-state index in [1.54, 1.807) is 34.1 Å². The van der Waals surface area contributed by atoms with Crippen LogP contribution in [0.3, 0.4) is 0 Å². The van der Waals surface area contributed by atoms with Crippen LogP contribution in [0.25, 0.3) is 0 Å². The summed E-state index contributed by atoms with van der Waals surface area (Å²) in [5.74, 6) is 1.17. The van der Waals surface area contributed by atoms with Crippen molar-refractivity contribution in [1.82, 2.24) is 15.1 Å². The Morgan fingerprint density at radius 2 is 1.72 bits per heavy atom. The summed E-state index contributed by atoms with van der Waals surface area (Å²) in [6.07, 6.45) is 0.718. The second-order valence-electron chi connectivity index (χ2n) is 6.95. The molecule has 7 nitrogen and oxygen atoms in total. The fourth-order valence-electron chi connectivity index (χ4n) is 3.46. The van der Waals surface area contributed by atoms with Crippen molar-refractivity contribution < 1.29 is 19.1 Å². The second-order valence-corrected chi connectivity index (χ2v) is 7.36. The van der Waals surface area contributed by atoms with Crippen LogP contribution >= 0.6 is 11.6 Å². The molecule has 0 atom stereocenters. The molecular weight excluding hydrogens is 394 g/mol. The van der Waals surface area contributed by atoms with E-state index in [1.807, 2.05) is 18.2 Å². The number of urea groups is 1. The predicted molar refractivity (Wildman–Crippen MR) is 108 cm³/mol. The van der Waals surface area contributed by atoms with E-state index >= 15 is 0 Å². The zero-order valence-electron chi connectivity index (χ0n) is 15.9. The lowest BCUT2D eigenvalue weighted by Crippen LogP contribution is -2.42. The Labute approximate surface area is 174 Å². The van der Waals surface area contributed by atoms with Crippen molar-refractivity contribution in [2.45, 2.75) is 13.0 Å². The van der Waals surface area contributed by atoms with Gasteiger partial charge in [-0.15, -0.1) is 0 Å². The smallest absolute Gasteiger partial charge is 0.317 e. The number of benzene rings is 2. The first-order chi connectivity index (χ1) is 14.1. The molecule has 0 saturated carbocycles. The van der Waals surface area contributed by atoms with Crippen LogP contribution < -0.4 is 14.8 Å². The number of carbonyl (C=O) groups excluding carboxylic acids is 2. The summed E-state index contributed by atoms with van der Waals surface area (Å²) in [7, 11) is 0. The van der Waals surface area contributed by atoms with Crippen molar-refractivity contribution in [3.05, 3.63) is 58.6 Å². The molecule has 0 bridgehead atoms. The number of hydrogen-bond acceptors (Lipinski definition) is 4. The minimum atomic E-state index is -0.151. The topological polar surface area (TPSA) is 71.1 Å². The first kappa shape index (κ1) is 19.4. The third kappa shape index (κ3) is 4.40. The normalized spacial score (nSPS) is 15.8. The number of carbonyl (C=O) groups is 2. The Morgan fingerprint density at radius 1 is 0.966 bits per heavy atom. The van der Waals surface area contributed by atoms with Crippen LogP contribution in [0.4, 0.5) is 4.79 Å². The van der Waals surface area contributed by atoms with E-state index in [0.29, 0.717) is 54.8 Å². The van der Waals surface area contributed by atoms with Crippen molar-refractivity contribution in [3.8, 4) is 11.5 Å². The molecular formula is C21H22ClN3O4. The lowest BCUT2D eigenvalue weighted by atomic mass is 10.1. The van der Waals surface area contributed by atoms with Gasteiger partial charge in [0.05, 0.1) is 0 Å². The van der Waals surface area contributed by atoms with Gasteiger partial charge in [0.15, 0.2) is 11.5 Å². The van der Waals surface area contributed by atoms with Gasteiger partial charge in [0.2, 0.25) is 6.79 Å². The van der Waals surface area contributed by atoms with E-state index in [9.17, 15) is 9.59 Å². The van der Waals surface area contributed by atoms with Gasteiger partial charge in [-0.1, -0.05) is 29.8 Å². The van der Waals surface area contributed by atoms with Crippen LogP contribution in [0.1, 0.15) is 22.3 Å². The Kier molecular flexibility index (Phi) is 5.76. The van der Waals surface area contributed by atoms with Crippen molar-refractivity contribution in [1.29, 1.82) is 0 Å². The minimum absolute atomic E-state index is 0.0679. The van der Waals surface area contributed by atoms with Crippen molar-refractivity contribution in [2.75, 3.05) is 33.0 Å². The van der Waals surface area contributed by atoms with Crippen molar-refractivity contribution >= 4 is 23.5 Å². The van der Waals surface area contributed by atoms with Gasteiger partial charge in [0.1, 0.15) is 0 Å². The van der Waals surface area contributed by atoms with Crippen LogP contribution in [0.15, 0.2) is 42.5 Å². The van der Waals surface area contributed by atoms with Gasteiger partial charge in [-0.25, -0.2) is 4.79 Å². The average Bonchev–Trinajstić information content (AvgIpc) is 3.07. The maximum Gasteiger partial charge on any atom is 0.317 e. The number of halogens is 1. The third-order valence-corrected chi connectivity index (χ3v) is 5.45. The molecule has 2 aliphatic rings. The highest BCUT2D eigenvalue weighted by atomic mass is 35.5. The van der Waals surface area contributed by atoms with E-state index in [4.69, 9.17) is 21.1 Å². The summed E-state index contributed by atoms with van der Waals surface area (Å²) in [6, 6.07) is 12.5. The number of ether oxygens (including phenoxy) is 2. The number of rotatable bonds is 3. The Bertz CT molecular complexity index is 921. The van der Waals surface area contributed by atoms with E-state index in [-0.39, 0.29) is 18.7 Å². The summed E-state index contributed by atoms with van der Waals surface area (Å²) >= 11 is 6.14. The van der Waals surface area contributed by atoms with E-state index in [1.165, 1.54) is 0 Å². The van der Waals surface area contributed by atoms with E-state index in [0.717, 1.165) is 12.0 Å². The number of fused-ring (bicyclic) bond motifs is 1.